The first-order valence-corrected chi connectivity index (χ1v) is 11.6. The molecule has 0 spiro atoms. The van der Waals surface area contributed by atoms with Crippen LogP contribution in [0.15, 0.2) is 60.8 Å². The van der Waals surface area contributed by atoms with Crippen LogP contribution in [-0.4, -0.2) is 46.2 Å². The van der Waals surface area contributed by atoms with Gasteiger partial charge >= 0.3 is 0 Å². The molecule has 5 nitrogen and oxygen atoms in total. The smallest absolute Gasteiger partial charge is 0.147 e. The Morgan fingerprint density at radius 1 is 0.879 bits per heavy atom. The Kier molecular flexibility index (Phi) is 5.92. The number of hydrogen-bond acceptors (Lipinski definition) is 5. The molecule has 2 heterocycles. The number of phenolic OH excluding ortho intramolecular Hbond substituents is 1. The zero-order chi connectivity index (χ0) is 22.9. The number of halogens is 1. The summed E-state index contributed by atoms with van der Waals surface area (Å²) in [6.45, 7) is 8.53. The third-order valence-electron chi connectivity index (χ3n) is 6.35. The Labute approximate surface area is 199 Å². The van der Waals surface area contributed by atoms with Gasteiger partial charge < -0.3 is 10.0 Å². The molecule has 0 aliphatic carbocycles. The van der Waals surface area contributed by atoms with Crippen molar-refractivity contribution in [2.75, 3.05) is 31.1 Å². The predicted octanol–water partition coefficient (Wildman–Crippen LogP) is 5.59. The minimum absolute atomic E-state index is 0.358. The number of phenols is 1. The van der Waals surface area contributed by atoms with Crippen LogP contribution in [0.2, 0.25) is 5.02 Å². The summed E-state index contributed by atoms with van der Waals surface area (Å²) in [7, 11) is 0. The Balaban J connectivity index is 1.33. The highest BCUT2D eigenvalue weighted by atomic mass is 35.5. The second-order valence-electron chi connectivity index (χ2n) is 8.78. The first-order valence-electron chi connectivity index (χ1n) is 11.3. The summed E-state index contributed by atoms with van der Waals surface area (Å²) in [5.74, 6) is 1.27. The Hall–Kier alpha value is -3.15. The first-order chi connectivity index (χ1) is 16.0. The fourth-order valence-corrected chi connectivity index (χ4v) is 4.70. The number of anilines is 1. The summed E-state index contributed by atoms with van der Waals surface area (Å²) in [5.41, 5.74) is 6.91. The molecule has 0 bridgehead atoms. The Bertz CT molecular complexity index is 1290. The van der Waals surface area contributed by atoms with Crippen molar-refractivity contribution < 1.29 is 5.11 Å². The third kappa shape index (κ3) is 4.65. The topological polar surface area (TPSA) is 52.5 Å². The van der Waals surface area contributed by atoms with Crippen LogP contribution in [0.5, 0.6) is 5.75 Å². The van der Waals surface area contributed by atoms with Gasteiger partial charge in [-0.2, -0.15) is 0 Å². The minimum Gasteiger partial charge on any atom is -0.507 e. The molecular weight excluding hydrogens is 432 g/mol. The molecule has 6 heteroatoms. The zero-order valence-corrected chi connectivity index (χ0v) is 19.7. The Morgan fingerprint density at radius 2 is 1.64 bits per heavy atom. The molecule has 4 aromatic rings. The molecule has 0 atom stereocenters. The van der Waals surface area contributed by atoms with Gasteiger partial charge in [-0.3, -0.25) is 9.88 Å². The van der Waals surface area contributed by atoms with E-state index in [2.05, 4.69) is 33.0 Å². The first kappa shape index (κ1) is 21.7. The lowest BCUT2D eigenvalue weighted by Gasteiger charge is -2.35. The van der Waals surface area contributed by atoms with Gasteiger partial charge in [0, 0.05) is 37.7 Å². The summed E-state index contributed by atoms with van der Waals surface area (Å²) in [4.78, 5) is 14.4. The quantitative estimate of drug-likeness (QED) is 0.431. The van der Waals surface area contributed by atoms with Crippen molar-refractivity contribution in [3.8, 4) is 16.9 Å². The normalized spacial score (nSPS) is 14.7. The molecule has 1 N–H and O–H groups in total. The summed E-state index contributed by atoms with van der Waals surface area (Å²) in [6, 6.07) is 18.3. The molecule has 33 heavy (non-hydrogen) atoms. The number of aromatic hydroxyl groups is 1. The van der Waals surface area contributed by atoms with Crippen LogP contribution in [0.25, 0.3) is 22.2 Å². The van der Waals surface area contributed by atoms with E-state index in [0.717, 1.165) is 76.9 Å². The van der Waals surface area contributed by atoms with Gasteiger partial charge in [0.25, 0.3) is 0 Å². The molecule has 168 valence electrons. The maximum absolute atomic E-state index is 10.1. The van der Waals surface area contributed by atoms with E-state index in [9.17, 15) is 5.11 Å². The number of aryl methyl sites for hydroxylation is 2. The number of fused-ring (bicyclic) bond motifs is 1. The maximum atomic E-state index is 10.1. The van der Waals surface area contributed by atoms with Crippen molar-refractivity contribution in [1.29, 1.82) is 0 Å². The number of hydrogen-bond donors (Lipinski definition) is 1. The van der Waals surface area contributed by atoms with Crippen LogP contribution in [0.3, 0.4) is 0 Å². The fourth-order valence-electron chi connectivity index (χ4n) is 4.48. The fraction of sp³-hybridized carbons (Fsp3) is 0.259. The summed E-state index contributed by atoms with van der Waals surface area (Å²) in [5, 5.41) is 10.9. The molecule has 0 radical (unpaired) electrons. The standard InChI is InChI=1S/C27H27ClN4O/c1-18-12-22(13-19(2)27(18)33)21-6-7-24-25(15-21)30-26(16-29-24)32-10-8-31(9-11-32)17-20-4-3-5-23(28)14-20/h3-7,12-16,33H,8-11,17H2,1-2H3. The van der Waals surface area contributed by atoms with Gasteiger partial charge in [-0.25, -0.2) is 4.98 Å². The molecule has 3 aromatic carbocycles. The number of rotatable bonds is 4. The highest BCUT2D eigenvalue weighted by Gasteiger charge is 2.19. The number of aromatic nitrogens is 2. The zero-order valence-electron chi connectivity index (χ0n) is 18.9. The molecule has 0 amide bonds. The molecular formula is C27H27ClN4O. The van der Waals surface area contributed by atoms with Gasteiger partial charge in [-0.05, 0) is 78.1 Å². The molecule has 1 saturated heterocycles. The molecule has 1 aromatic heterocycles. The average molecular weight is 459 g/mol. The molecule has 1 aliphatic rings. The lowest BCUT2D eigenvalue weighted by Crippen LogP contribution is -2.46. The summed E-state index contributed by atoms with van der Waals surface area (Å²) < 4.78 is 0. The van der Waals surface area contributed by atoms with Gasteiger partial charge in [-0.1, -0.05) is 29.8 Å². The highest BCUT2D eigenvalue weighted by Crippen LogP contribution is 2.30. The van der Waals surface area contributed by atoms with Crippen molar-refractivity contribution in [3.05, 3.63) is 82.5 Å². The van der Waals surface area contributed by atoms with Gasteiger partial charge in [-0.15, -0.1) is 0 Å². The molecule has 1 fully saturated rings. The maximum Gasteiger partial charge on any atom is 0.147 e. The van der Waals surface area contributed by atoms with E-state index in [4.69, 9.17) is 16.6 Å². The van der Waals surface area contributed by atoms with Gasteiger partial charge in [0.15, 0.2) is 0 Å². The van der Waals surface area contributed by atoms with Crippen molar-refractivity contribution in [3.63, 3.8) is 0 Å². The summed E-state index contributed by atoms with van der Waals surface area (Å²) >= 11 is 6.13. The van der Waals surface area contributed by atoms with Crippen molar-refractivity contribution in [2.24, 2.45) is 0 Å². The van der Waals surface area contributed by atoms with E-state index in [1.54, 1.807) is 0 Å². The lowest BCUT2D eigenvalue weighted by molar-refractivity contribution is 0.249. The van der Waals surface area contributed by atoms with E-state index in [1.165, 1.54) is 5.56 Å². The van der Waals surface area contributed by atoms with Gasteiger partial charge in [0.2, 0.25) is 0 Å². The van der Waals surface area contributed by atoms with Crippen LogP contribution in [0, 0.1) is 13.8 Å². The third-order valence-corrected chi connectivity index (χ3v) is 6.58. The molecule has 0 saturated carbocycles. The van der Waals surface area contributed by atoms with Crippen LogP contribution in [0.4, 0.5) is 5.82 Å². The second-order valence-corrected chi connectivity index (χ2v) is 9.22. The van der Waals surface area contributed by atoms with Gasteiger partial charge in [0.1, 0.15) is 11.6 Å². The second kappa shape index (κ2) is 9.00. The van der Waals surface area contributed by atoms with Crippen LogP contribution < -0.4 is 4.90 Å². The number of benzene rings is 3. The Morgan fingerprint density at radius 3 is 2.36 bits per heavy atom. The lowest BCUT2D eigenvalue weighted by atomic mass is 9.99. The molecule has 1 aliphatic heterocycles. The minimum atomic E-state index is 0.358. The van der Waals surface area contributed by atoms with E-state index in [-0.39, 0.29) is 0 Å². The van der Waals surface area contributed by atoms with Crippen LogP contribution >= 0.6 is 11.6 Å². The van der Waals surface area contributed by atoms with Crippen LogP contribution in [0.1, 0.15) is 16.7 Å². The van der Waals surface area contributed by atoms with E-state index in [0.29, 0.717) is 5.75 Å². The number of nitrogens with zero attached hydrogens (tertiary/aromatic N) is 4. The van der Waals surface area contributed by atoms with Crippen molar-refractivity contribution in [1.82, 2.24) is 14.9 Å². The van der Waals surface area contributed by atoms with E-state index < -0.39 is 0 Å². The SMILES string of the molecule is Cc1cc(-c2ccc3ncc(N4CCN(Cc5cccc(Cl)c5)CC4)nc3c2)cc(C)c1O. The van der Waals surface area contributed by atoms with Crippen molar-refractivity contribution >= 4 is 28.5 Å². The average Bonchev–Trinajstić information content (AvgIpc) is 2.82. The number of piperazine rings is 1. The molecule has 5 rings (SSSR count). The summed E-state index contributed by atoms with van der Waals surface area (Å²) in [6.07, 6.45) is 1.88. The molecule has 0 unspecified atom stereocenters. The largest absolute Gasteiger partial charge is 0.507 e. The monoisotopic (exact) mass is 458 g/mol. The highest BCUT2D eigenvalue weighted by molar-refractivity contribution is 6.30. The van der Waals surface area contributed by atoms with Gasteiger partial charge in [0.05, 0.1) is 17.2 Å². The van der Waals surface area contributed by atoms with E-state index in [1.807, 2.05) is 56.4 Å². The van der Waals surface area contributed by atoms with Crippen LogP contribution in [-0.2, 0) is 6.54 Å². The van der Waals surface area contributed by atoms with E-state index >= 15 is 0 Å². The van der Waals surface area contributed by atoms with Crippen molar-refractivity contribution in [2.45, 2.75) is 20.4 Å². The predicted molar refractivity (Wildman–Crippen MR) is 135 cm³/mol.